The van der Waals surface area contributed by atoms with Gasteiger partial charge in [-0.3, -0.25) is 4.98 Å². The zero-order chi connectivity index (χ0) is 9.42. The Morgan fingerprint density at radius 1 is 1.46 bits per heavy atom. The molecule has 0 spiro atoms. The highest BCUT2D eigenvalue weighted by molar-refractivity contribution is 5.45. The van der Waals surface area contributed by atoms with E-state index in [1.807, 2.05) is 6.20 Å². The van der Waals surface area contributed by atoms with Crippen molar-refractivity contribution in [1.29, 1.82) is 0 Å². The molecule has 0 atom stereocenters. The van der Waals surface area contributed by atoms with Crippen LogP contribution < -0.4 is 4.74 Å². The summed E-state index contributed by atoms with van der Waals surface area (Å²) in [6, 6.07) is 0. The molecule has 0 aliphatic carbocycles. The third kappa shape index (κ3) is 1.30. The quantitative estimate of drug-likeness (QED) is 0.657. The normalized spacial score (nSPS) is 14.5. The standard InChI is InChI=1S/C11H15NO/c1-7(2)10-11-9(4-5-13-11)8(3)6-12-10/h6-7H,4-5H2,1-3H3. The van der Waals surface area contributed by atoms with Gasteiger partial charge in [0.2, 0.25) is 0 Å². The zero-order valence-corrected chi connectivity index (χ0v) is 8.42. The van der Waals surface area contributed by atoms with Crippen molar-refractivity contribution in [2.45, 2.75) is 33.1 Å². The minimum Gasteiger partial charge on any atom is -0.491 e. The van der Waals surface area contributed by atoms with E-state index in [1.54, 1.807) is 0 Å². The lowest BCUT2D eigenvalue weighted by atomic mass is 10.0. The lowest BCUT2D eigenvalue weighted by Crippen LogP contribution is -1.98. The molecule has 2 rings (SSSR count). The highest BCUT2D eigenvalue weighted by Crippen LogP contribution is 2.34. The Bertz CT molecular complexity index is 331. The van der Waals surface area contributed by atoms with Crippen molar-refractivity contribution in [2.75, 3.05) is 6.61 Å². The smallest absolute Gasteiger partial charge is 0.144 e. The Morgan fingerprint density at radius 3 is 2.92 bits per heavy atom. The first-order chi connectivity index (χ1) is 6.20. The van der Waals surface area contributed by atoms with Crippen LogP contribution in [0.5, 0.6) is 5.75 Å². The monoisotopic (exact) mass is 177 g/mol. The highest BCUT2D eigenvalue weighted by Gasteiger charge is 2.20. The molecule has 0 saturated carbocycles. The third-order valence-electron chi connectivity index (χ3n) is 2.53. The van der Waals surface area contributed by atoms with Crippen molar-refractivity contribution in [3.05, 3.63) is 23.0 Å². The summed E-state index contributed by atoms with van der Waals surface area (Å²) >= 11 is 0. The molecular weight excluding hydrogens is 162 g/mol. The number of pyridine rings is 1. The van der Waals surface area contributed by atoms with E-state index in [2.05, 4.69) is 25.8 Å². The summed E-state index contributed by atoms with van der Waals surface area (Å²) in [6.07, 6.45) is 3.01. The van der Waals surface area contributed by atoms with Crippen molar-refractivity contribution < 1.29 is 4.74 Å². The van der Waals surface area contributed by atoms with Gasteiger partial charge in [0.25, 0.3) is 0 Å². The molecule has 0 amide bonds. The van der Waals surface area contributed by atoms with Crippen LogP contribution in [0.25, 0.3) is 0 Å². The molecule has 0 fully saturated rings. The van der Waals surface area contributed by atoms with Crippen molar-refractivity contribution in [1.82, 2.24) is 4.98 Å². The molecule has 0 radical (unpaired) electrons. The van der Waals surface area contributed by atoms with Crippen LogP contribution in [0.3, 0.4) is 0 Å². The molecule has 2 heterocycles. The van der Waals surface area contributed by atoms with Crippen LogP contribution >= 0.6 is 0 Å². The summed E-state index contributed by atoms with van der Waals surface area (Å²) in [5.41, 5.74) is 3.73. The summed E-state index contributed by atoms with van der Waals surface area (Å²) in [5.74, 6) is 1.50. The average Bonchev–Trinajstić information content (AvgIpc) is 2.53. The second kappa shape index (κ2) is 3.02. The van der Waals surface area contributed by atoms with E-state index in [4.69, 9.17) is 4.74 Å². The van der Waals surface area contributed by atoms with Gasteiger partial charge in [0.05, 0.1) is 12.3 Å². The van der Waals surface area contributed by atoms with Gasteiger partial charge in [-0.1, -0.05) is 13.8 Å². The summed E-state index contributed by atoms with van der Waals surface area (Å²) in [5, 5.41) is 0. The van der Waals surface area contributed by atoms with Gasteiger partial charge in [0, 0.05) is 18.2 Å². The number of ether oxygens (including phenoxy) is 1. The second-order valence-electron chi connectivity index (χ2n) is 3.89. The summed E-state index contributed by atoms with van der Waals surface area (Å²) in [4.78, 5) is 4.42. The Balaban J connectivity index is 2.56. The molecule has 70 valence electrons. The van der Waals surface area contributed by atoms with Crippen LogP contribution in [0.4, 0.5) is 0 Å². The Morgan fingerprint density at radius 2 is 2.23 bits per heavy atom. The molecular formula is C11H15NO. The molecule has 0 bridgehead atoms. The minimum absolute atomic E-state index is 0.451. The maximum atomic E-state index is 5.61. The van der Waals surface area contributed by atoms with Crippen LogP contribution in [-0.4, -0.2) is 11.6 Å². The van der Waals surface area contributed by atoms with Gasteiger partial charge < -0.3 is 4.74 Å². The van der Waals surface area contributed by atoms with E-state index >= 15 is 0 Å². The third-order valence-corrected chi connectivity index (χ3v) is 2.53. The summed E-state index contributed by atoms with van der Waals surface area (Å²) < 4.78 is 5.61. The van der Waals surface area contributed by atoms with Crippen molar-refractivity contribution in [3.8, 4) is 5.75 Å². The molecule has 1 aromatic rings. The Hall–Kier alpha value is -1.05. The predicted octanol–water partition coefficient (Wildman–Crippen LogP) is 2.45. The number of fused-ring (bicyclic) bond motifs is 1. The SMILES string of the molecule is Cc1cnc(C(C)C)c2c1CCO2. The zero-order valence-electron chi connectivity index (χ0n) is 8.42. The number of aromatic nitrogens is 1. The minimum atomic E-state index is 0.451. The predicted molar refractivity (Wildman–Crippen MR) is 52.3 cm³/mol. The molecule has 0 N–H and O–H groups in total. The Kier molecular flexibility index (Phi) is 1.98. The Labute approximate surface area is 78.9 Å². The molecule has 0 saturated heterocycles. The average molecular weight is 177 g/mol. The number of hydrogen-bond donors (Lipinski definition) is 0. The van der Waals surface area contributed by atoms with Gasteiger partial charge in [-0.25, -0.2) is 0 Å². The largest absolute Gasteiger partial charge is 0.491 e. The maximum Gasteiger partial charge on any atom is 0.144 e. The molecule has 2 nitrogen and oxygen atoms in total. The number of nitrogens with zero attached hydrogens (tertiary/aromatic N) is 1. The lowest BCUT2D eigenvalue weighted by Gasteiger charge is -2.10. The molecule has 1 aromatic heterocycles. The van der Waals surface area contributed by atoms with Gasteiger partial charge in [-0.15, -0.1) is 0 Å². The number of rotatable bonds is 1. The first kappa shape index (κ1) is 8.54. The molecule has 13 heavy (non-hydrogen) atoms. The van der Waals surface area contributed by atoms with Gasteiger partial charge in [-0.05, 0) is 18.4 Å². The fourth-order valence-corrected chi connectivity index (χ4v) is 1.77. The van der Waals surface area contributed by atoms with Crippen molar-refractivity contribution in [3.63, 3.8) is 0 Å². The van der Waals surface area contributed by atoms with E-state index in [0.29, 0.717) is 5.92 Å². The second-order valence-corrected chi connectivity index (χ2v) is 3.89. The van der Waals surface area contributed by atoms with Crippen LogP contribution in [0, 0.1) is 6.92 Å². The first-order valence-electron chi connectivity index (χ1n) is 4.81. The fourth-order valence-electron chi connectivity index (χ4n) is 1.77. The summed E-state index contributed by atoms with van der Waals surface area (Å²) in [6.45, 7) is 7.23. The molecule has 1 aliphatic heterocycles. The van der Waals surface area contributed by atoms with E-state index < -0.39 is 0 Å². The molecule has 2 heteroatoms. The maximum absolute atomic E-state index is 5.61. The number of aryl methyl sites for hydroxylation is 1. The van der Waals surface area contributed by atoms with E-state index in [9.17, 15) is 0 Å². The molecule has 0 aromatic carbocycles. The molecule has 1 aliphatic rings. The van der Waals surface area contributed by atoms with Crippen molar-refractivity contribution >= 4 is 0 Å². The first-order valence-corrected chi connectivity index (χ1v) is 4.81. The van der Waals surface area contributed by atoms with Gasteiger partial charge >= 0.3 is 0 Å². The topological polar surface area (TPSA) is 22.1 Å². The van der Waals surface area contributed by atoms with Crippen molar-refractivity contribution in [2.24, 2.45) is 0 Å². The van der Waals surface area contributed by atoms with Gasteiger partial charge in [-0.2, -0.15) is 0 Å². The number of hydrogen-bond acceptors (Lipinski definition) is 2. The molecule has 0 unspecified atom stereocenters. The fraction of sp³-hybridized carbons (Fsp3) is 0.545. The van der Waals surface area contributed by atoms with E-state index in [0.717, 1.165) is 24.5 Å². The lowest BCUT2D eigenvalue weighted by molar-refractivity contribution is 0.350. The van der Waals surface area contributed by atoms with Crippen LogP contribution in [0.2, 0.25) is 0 Å². The summed E-state index contributed by atoms with van der Waals surface area (Å²) in [7, 11) is 0. The van der Waals surface area contributed by atoms with Crippen LogP contribution in [0.15, 0.2) is 6.20 Å². The highest BCUT2D eigenvalue weighted by atomic mass is 16.5. The van der Waals surface area contributed by atoms with Crippen LogP contribution in [0.1, 0.15) is 36.6 Å². The van der Waals surface area contributed by atoms with Crippen LogP contribution in [-0.2, 0) is 6.42 Å². The van der Waals surface area contributed by atoms with E-state index in [1.165, 1.54) is 11.1 Å². The van der Waals surface area contributed by atoms with Gasteiger partial charge in [0.1, 0.15) is 5.75 Å². The van der Waals surface area contributed by atoms with E-state index in [-0.39, 0.29) is 0 Å². The van der Waals surface area contributed by atoms with Gasteiger partial charge in [0.15, 0.2) is 0 Å².